The molecule has 0 bridgehead atoms. The highest BCUT2D eigenvalue weighted by molar-refractivity contribution is 7.20. The van der Waals surface area contributed by atoms with Gasteiger partial charge in [-0.15, -0.1) is 0 Å². The van der Waals surface area contributed by atoms with Gasteiger partial charge in [-0.2, -0.15) is 0 Å². The van der Waals surface area contributed by atoms with Crippen LogP contribution < -0.4 is 4.74 Å². The summed E-state index contributed by atoms with van der Waals surface area (Å²) in [6, 6.07) is 8.20. The zero-order valence-electron chi connectivity index (χ0n) is 12.4. The van der Waals surface area contributed by atoms with E-state index in [1.165, 1.54) is 11.3 Å². The molecule has 0 saturated carbocycles. The third-order valence-corrected chi connectivity index (χ3v) is 5.00. The fourth-order valence-electron chi connectivity index (χ4n) is 2.90. The van der Waals surface area contributed by atoms with Gasteiger partial charge >= 0.3 is 0 Å². The largest absolute Gasteiger partial charge is 0.460 e. The van der Waals surface area contributed by atoms with E-state index >= 15 is 0 Å². The van der Waals surface area contributed by atoms with Gasteiger partial charge in [-0.05, 0) is 37.8 Å². The van der Waals surface area contributed by atoms with Crippen molar-refractivity contribution in [2.24, 2.45) is 5.92 Å². The number of thiazole rings is 1. The van der Waals surface area contributed by atoms with Crippen molar-refractivity contribution < 1.29 is 9.53 Å². The quantitative estimate of drug-likeness (QED) is 0.873. The minimum absolute atomic E-state index is 0.0636. The topological polar surface area (TPSA) is 42.4 Å². The number of carbonyl (C=O) groups is 1. The number of hydrogen-bond acceptors (Lipinski definition) is 4. The minimum Gasteiger partial charge on any atom is -0.460 e. The maximum atomic E-state index is 12.3. The molecule has 1 aromatic carbocycles. The van der Waals surface area contributed by atoms with E-state index in [0.717, 1.165) is 29.6 Å². The zero-order chi connectivity index (χ0) is 14.8. The zero-order valence-corrected chi connectivity index (χ0v) is 13.2. The van der Waals surface area contributed by atoms with Crippen molar-refractivity contribution in [2.45, 2.75) is 32.7 Å². The monoisotopic (exact) mass is 304 g/mol. The molecule has 1 aliphatic heterocycles. The number of amides is 1. The summed E-state index contributed by atoms with van der Waals surface area (Å²) in [5, 5.41) is 0.572. The summed E-state index contributed by atoms with van der Waals surface area (Å²) in [6.45, 7) is 5.28. The molecule has 1 saturated heterocycles. The summed E-state index contributed by atoms with van der Waals surface area (Å²) in [6.07, 6.45) is 2.16. The number of hydrogen-bond donors (Lipinski definition) is 0. The van der Waals surface area contributed by atoms with Crippen molar-refractivity contribution in [3.8, 4) is 5.19 Å². The van der Waals surface area contributed by atoms with Gasteiger partial charge in [0.05, 0.1) is 10.2 Å². The maximum absolute atomic E-state index is 12.3. The first-order valence-corrected chi connectivity index (χ1v) is 8.23. The number of para-hydroxylation sites is 1. The van der Waals surface area contributed by atoms with E-state index < -0.39 is 0 Å². The van der Waals surface area contributed by atoms with Crippen LogP contribution in [0.15, 0.2) is 24.3 Å². The van der Waals surface area contributed by atoms with E-state index in [9.17, 15) is 4.79 Å². The molecule has 0 aliphatic carbocycles. The lowest BCUT2D eigenvalue weighted by Crippen LogP contribution is -2.46. The van der Waals surface area contributed by atoms with Crippen LogP contribution in [-0.2, 0) is 4.79 Å². The van der Waals surface area contributed by atoms with E-state index in [4.69, 9.17) is 4.74 Å². The lowest BCUT2D eigenvalue weighted by Gasteiger charge is -2.36. The molecule has 1 aromatic heterocycles. The molecule has 21 heavy (non-hydrogen) atoms. The number of aromatic nitrogens is 1. The van der Waals surface area contributed by atoms with Crippen molar-refractivity contribution in [3.05, 3.63) is 24.3 Å². The van der Waals surface area contributed by atoms with Crippen LogP contribution in [0.4, 0.5) is 0 Å². The van der Waals surface area contributed by atoms with Gasteiger partial charge in [0.15, 0.2) is 6.61 Å². The number of nitrogens with zero attached hydrogens (tertiary/aromatic N) is 2. The predicted molar refractivity (Wildman–Crippen MR) is 84.7 cm³/mol. The first-order chi connectivity index (χ1) is 10.1. The van der Waals surface area contributed by atoms with Crippen LogP contribution in [0.2, 0.25) is 0 Å². The molecule has 5 heteroatoms. The average Bonchev–Trinajstić information content (AvgIpc) is 2.87. The SMILES string of the molecule is CC1CCN(C(=O)COc2nc3ccccc3s2)C(C)C1. The van der Waals surface area contributed by atoms with Crippen molar-refractivity contribution in [1.29, 1.82) is 0 Å². The van der Waals surface area contributed by atoms with Crippen molar-refractivity contribution >= 4 is 27.5 Å². The Morgan fingerprint density at radius 1 is 1.43 bits per heavy atom. The molecule has 3 rings (SSSR count). The van der Waals surface area contributed by atoms with Gasteiger partial charge in [-0.3, -0.25) is 4.79 Å². The summed E-state index contributed by atoms with van der Waals surface area (Å²) < 4.78 is 6.68. The van der Waals surface area contributed by atoms with E-state index in [1.807, 2.05) is 29.2 Å². The van der Waals surface area contributed by atoms with Crippen LogP contribution >= 0.6 is 11.3 Å². The van der Waals surface area contributed by atoms with E-state index in [0.29, 0.717) is 17.2 Å². The van der Waals surface area contributed by atoms with Crippen molar-refractivity contribution in [1.82, 2.24) is 9.88 Å². The number of rotatable bonds is 3. The molecular weight excluding hydrogens is 284 g/mol. The highest BCUT2D eigenvalue weighted by Crippen LogP contribution is 2.27. The van der Waals surface area contributed by atoms with Gasteiger partial charge in [-0.1, -0.05) is 30.4 Å². The smallest absolute Gasteiger partial charge is 0.274 e. The highest BCUT2D eigenvalue weighted by atomic mass is 32.1. The summed E-state index contributed by atoms with van der Waals surface area (Å²) >= 11 is 1.48. The molecule has 0 N–H and O–H groups in total. The van der Waals surface area contributed by atoms with Crippen LogP contribution in [0.25, 0.3) is 10.2 Å². The third kappa shape index (κ3) is 3.18. The van der Waals surface area contributed by atoms with Gasteiger partial charge in [-0.25, -0.2) is 4.98 Å². The normalized spacial score (nSPS) is 22.5. The number of fused-ring (bicyclic) bond motifs is 1. The van der Waals surface area contributed by atoms with Gasteiger partial charge in [0, 0.05) is 12.6 Å². The standard InChI is InChI=1S/C16H20N2O2S/c1-11-7-8-18(12(2)9-11)15(19)10-20-16-17-13-5-3-4-6-14(13)21-16/h3-6,11-12H,7-10H2,1-2H3. The van der Waals surface area contributed by atoms with Gasteiger partial charge in [0.2, 0.25) is 0 Å². The second kappa shape index (κ2) is 6.02. The Bertz CT molecular complexity index is 607. The molecule has 112 valence electrons. The van der Waals surface area contributed by atoms with Gasteiger partial charge in [0.1, 0.15) is 0 Å². The second-order valence-electron chi connectivity index (χ2n) is 5.80. The van der Waals surface area contributed by atoms with E-state index in [1.54, 1.807) is 0 Å². The Kier molecular flexibility index (Phi) is 4.10. The third-order valence-electron chi connectivity index (χ3n) is 4.05. The number of benzene rings is 1. The Morgan fingerprint density at radius 3 is 3.00 bits per heavy atom. The van der Waals surface area contributed by atoms with Crippen LogP contribution in [0, 0.1) is 5.92 Å². The number of ether oxygens (including phenoxy) is 1. The molecule has 2 unspecified atom stereocenters. The van der Waals surface area contributed by atoms with Crippen molar-refractivity contribution in [3.63, 3.8) is 0 Å². The molecule has 0 spiro atoms. The first-order valence-electron chi connectivity index (χ1n) is 7.41. The summed E-state index contributed by atoms with van der Waals surface area (Å²) in [7, 11) is 0. The van der Waals surface area contributed by atoms with E-state index in [-0.39, 0.29) is 12.5 Å². The van der Waals surface area contributed by atoms with Crippen LogP contribution in [0.5, 0.6) is 5.19 Å². The van der Waals surface area contributed by atoms with Crippen LogP contribution in [0.3, 0.4) is 0 Å². The molecule has 1 fully saturated rings. The summed E-state index contributed by atoms with van der Waals surface area (Å²) in [5.74, 6) is 0.767. The van der Waals surface area contributed by atoms with Crippen LogP contribution in [0.1, 0.15) is 26.7 Å². The van der Waals surface area contributed by atoms with Crippen molar-refractivity contribution in [2.75, 3.05) is 13.2 Å². The predicted octanol–water partition coefficient (Wildman–Crippen LogP) is 3.32. The Morgan fingerprint density at radius 2 is 2.24 bits per heavy atom. The van der Waals surface area contributed by atoms with E-state index in [2.05, 4.69) is 18.8 Å². The van der Waals surface area contributed by atoms with Crippen LogP contribution in [-0.4, -0.2) is 35.0 Å². The summed E-state index contributed by atoms with van der Waals surface area (Å²) in [4.78, 5) is 18.6. The molecule has 2 heterocycles. The van der Waals surface area contributed by atoms with Gasteiger partial charge in [0.25, 0.3) is 11.1 Å². The molecule has 4 nitrogen and oxygen atoms in total. The maximum Gasteiger partial charge on any atom is 0.274 e. The molecule has 0 radical (unpaired) electrons. The molecule has 2 aromatic rings. The Balaban J connectivity index is 1.60. The average molecular weight is 304 g/mol. The molecule has 1 aliphatic rings. The molecule has 1 amide bonds. The van der Waals surface area contributed by atoms with Gasteiger partial charge < -0.3 is 9.64 Å². The second-order valence-corrected chi connectivity index (χ2v) is 6.80. The Hall–Kier alpha value is -1.62. The fraction of sp³-hybridized carbons (Fsp3) is 0.500. The highest BCUT2D eigenvalue weighted by Gasteiger charge is 2.26. The minimum atomic E-state index is 0.0636. The number of carbonyl (C=O) groups excluding carboxylic acids is 1. The molecular formula is C16H20N2O2S. The molecule has 2 atom stereocenters. The lowest BCUT2D eigenvalue weighted by atomic mass is 9.93. The first kappa shape index (κ1) is 14.3. The summed E-state index contributed by atoms with van der Waals surface area (Å²) in [5.41, 5.74) is 0.921. The Labute approximate surface area is 128 Å². The fourth-order valence-corrected chi connectivity index (χ4v) is 3.71. The lowest BCUT2D eigenvalue weighted by molar-refractivity contribution is -0.137. The number of piperidine rings is 1. The number of likely N-dealkylation sites (tertiary alicyclic amines) is 1.